The molecule has 1 aliphatic heterocycles. The van der Waals surface area contributed by atoms with Gasteiger partial charge >= 0.3 is 6.03 Å². The highest BCUT2D eigenvalue weighted by Crippen LogP contribution is 2.16. The zero-order valence-electron chi connectivity index (χ0n) is 12.7. The quantitative estimate of drug-likeness (QED) is 0.907. The molecule has 7 nitrogen and oxygen atoms in total. The minimum atomic E-state index is -0.632. The zero-order chi connectivity index (χ0) is 16.2. The number of amides is 3. The largest absolute Gasteiger partial charge is 0.351 e. The lowest BCUT2D eigenvalue weighted by atomic mass is 10.1. The first kappa shape index (κ1) is 15.1. The molecular formula is C16H19N5O2. The Morgan fingerprint density at radius 1 is 1.09 bits per heavy atom. The number of hydrogen-bond donors (Lipinski definition) is 2. The van der Waals surface area contributed by atoms with Gasteiger partial charge in [-0.25, -0.2) is 9.48 Å². The first-order valence-corrected chi connectivity index (χ1v) is 7.64. The van der Waals surface area contributed by atoms with Gasteiger partial charge in [-0.05, 0) is 43.5 Å². The first-order valence-electron chi connectivity index (χ1n) is 7.64. The number of anilines is 1. The molecule has 0 atom stereocenters. The fourth-order valence-corrected chi connectivity index (χ4v) is 2.71. The van der Waals surface area contributed by atoms with E-state index in [1.165, 1.54) is 12.6 Å². The Bertz CT molecular complexity index is 702. The Labute approximate surface area is 134 Å². The number of carbonyl (C=O) groups excluding carboxylic acids is 2. The van der Waals surface area contributed by atoms with Crippen LogP contribution in [0.2, 0.25) is 0 Å². The van der Waals surface area contributed by atoms with E-state index in [4.69, 9.17) is 5.73 Å². The van der Waals surface area contributed by atoms with Gasteiger partial charge in [0.2, 0.25) is 0 Å². The van der Waals surface area contributed by atoms with E-state index in [9.17, 15) is 9.59 Å². The number of primary amides is 1. The van der Waals surface area contributed by atoms with E-state index in [1.807, 2.05) is 17.0 Å². The average Bonchev–Trinajstić information content (AvgIpc) is 3.03. The monoisotopic (exact) mass is 313 g/mol. The molecular weight excluding hydrogens is 294 g/mol. The number of nitrogens with zero attached hydrogens (tertiary/aromatic N) is 3. The number of aromatic nitrogens is 2. The van der Waals surface area contributed by atoms with Crippen LogP contribution in [0.15, 0.2) is 36.7 Å². The molecule has 0 unspecified atom stereocenters. The van der Waals surface area contributed by atoms with Crippen molar-refractivity contribution in [2.45, 2.75) is 19.3 Å². The SMILES string of the molecule is NC(=O)Nc1cnn(-c2ccc(C(=O)N3CCCCC3)cc2)c1. The minimum absolute atomic E-state index is 0.0767. The topological polar surface area (TPSA) is 93.2 Å². The van der Waals surface area contributed by atoms with E-state index < -0.39 is 6.03 Å². The van der Waals surface area contributed by atoms with Gasteiger partial charge in [-0.2, -0.15) is 5.10 Å². The number of nitrogens with one attached hydrogen (secondary N) is 1. The normalized spacial score (nSPS) is 14.5. The third-order valence-electron chi connectivity index (χ3n) is 3.87. The molecule has 0 saturated carbocycles. The minimum Gasteiger partial charge on any atom is -0.351 e. The van der Waals surface area contributed by atoms with Crippen molar-refractivity contribution in [3.8, 4) is 5.69 Å². The molecule has 120 valence electrons. The zero-order valence-corrected chi connectivity index (χ0v) is 12.7. The second kappa shape index (κ2) is 6.51. The van der Waals surface area contributed by atoms with Crippen molar-refractivity contribution < 1.29 is 9.59 Å². The molecule has 7 heteroatoms. The maximum Gasteiger partial charge on any atom is 0.316 e. The number of rotatable bonds is 3. The predicted molar refractivity (Wildman–Crippen MR) is 86.5 cm³/mol. The molecule has 3 amide bonds. The van der Waals surface area contributed by atoms with Crippen molar-refractivity contribution in [2.75, 3.05) is 18.4 Å². The smallest absolute Gasteiger partial charge is 0.316 e. The summed E-state index contributed by atoms with van der Waals surface area (Å²) in [5.74, 6) is 0.0767. The second-order valence-electron chi connectivity index (χ2n) is 5.56. The van der Waals surface area contributed by atoms with Crippen LogP contribution in [0.5, 0.6) is 0 Å². The fraction of sp³-hybridized carbons (Fsp3) is 0.312. The standard InChI is InChI=1S/C16H19N5O2/c17-16(23)19-13-10-18-21(11-13)14-6-4-12(5-7-14)15(22)20-8-2-1-3-9-20/h4-7,10-11H,1-3,8-9H2,(H3,17,19,23). The van der Waals surface area contributed by atoms with Gasteiger partial charge in [-0.1, -0.05) is 0 Å². The van der Waals surface area contributed by atoms with Crippen LogP contribution < -0.4 is 11.1 Å². The maximum atomic E-state index is 12.4. The summed E-state index contributed by atoms with van der Waals surface area (Å²) in [7, 11) is 0. The van der Waals surface area contributed by atoms with Crippen LogP contribution in [0.25, 0.3) is 5.69 Å². The molecule has 0 radical (unpaired) electrons. The molecule has 3 rings (SSSR count). The van der Waals surface area contributed by atoms with Gasteiger partial charge in [0.25, 0.3) is 5.91 Å². The molecule has 2 heterocycles. The summed E-state index contributed by atoms with van der Waals surface area (Å²) < 4.78 is 1.61. The lowest BCUT2D eigenvalue weighted by molar-refractivity contribution is 0.0724. The Hall–Kier alpha value is -2.83. The number of urea groups is 1. The summed E-state index contributed by atoms with van der Waals surface area (Å²) in [5, 5.41) is 6.62. The van der Waals surface area contributed by atoms with Gasteiger partial charge in [-0.3, -0.25) is 4.79 Å². The lowest BCUT2D eigenvalue weighted by Crippen LogP contribution is -2.35. The van der Waals surface area contributed by atoms with Gasteiger partial charge in [0.15, 0.2) is 0 Å². The van der Waals surface area contributed by atoms with Crippen molar-refractivity contribution in [1.29, 1.82) is 0 Å². The molecule has 23 heavy (non-hydrogen) atoms. The van der Waals surface area contributed by atoms with Crippen LogP contribution >= 0.6 is 0 Å². The van der Waals surface area contributed by atoms with E-state index in [-0.39, 0.29) is 5.91 Å². The van der Waals surface area contributed by atoms with Crippen molar-refractivity contribution in [1.82, 2.24) is 14.7 Å². The van der Waals surface area contributed by atoms with Gasteiger partial charge < -0.3 is 16.0 Å². The highest BCUT2D eigenvalue weighted by molar-refractivity contribution is 5.94. The van der Waals surface area contributed by atoms with Gasteiger partial charge in [0.1, 0.15) is 0 Å². The molecule has 1 aromatic heterocycles. The van der Waals surface area contributed by atoms with E-state index in [2.05, 4.69) is 10.4 Å². The van der Waals surface area contributed by atoms with Gasteiger partial charge in [-0.15, -0.1) is 0 Å². The van der Waals surface area contributed by atoms with Crippen LogP contribution in [0, 0.1) is 0 Å². The van der Waals surface area contributed by atoms with Crippen LogP contribution in [-0.4, -0.2) is 39.7 Å². The Kier molecular flexibility index (Phi) is 4.27. The molecule has 1 fully saturated rings. The van der Waals surface area contributed by atoms with Crippen LogP contribution in [0.4, 0.5) is 10.5 Å². The summed E-state index contributed by atoms with van der Waals surface area (Å²) >= 11 is 0. The first-order chi connectivity index (χ1) is 11.1. The van der Waals surface area contributed by atoms with E-state index in [0.717, 1.165) is 31.6 Å². The molecule has 0 spiro atoms. The number of nitrogens with two attached hydrogens (primary N) is 1. The number of likely N-dealkylation sites (tertiary alicyclic amines) is 1. The van der Waals surface area contributed by atoms with E-state index >= 15 is 0 Å². The lowest BCUT2D eigenvalue weighted by Gasteiger charge is -2.26. The van der Waals surface area contributed by atoms with E-state index in [1.54, 1.807) is 23.0 Å². The molecule has 0 bridgehead atoms. The third kappa shape index (κ3) is 3.50. The second-order valence-corrected chi connectivity index (χ2v) is 5.56. The number of hydrogen-bond acceptors (Lipinski definition) is 3. The Morgan fingerprint density at radius 2 is 1.78 bits per heavy atom. The van der Waals surface area contributed by atoms with Crippen LogP contribution in [0.1, 0.15) is 29.6 Å². The van der Waals surface area contributed by atoms with Crippen LogP contribution in [-0.2, 0) is 0 Å². The Balaban J connectivity index is 1.72. The number of benzene rings is 1. The highest BCUT2D eigenvalue weighted by atomic mass is 16.2. The number of piperidine rings is 1. The molecule has 2 aromatic rings. The molecule has 1 aromatic carbocycles. The average molecular weight is 313 g/mol. The van der Waals surface area contributed by atoms with Gasteiger partial charge in [0, 0.05) is 18.7 Å². The molecule has 3 N–H and O–H groups in total. The summed E-state index contributed by atoms with van der Waals surface area (Å²) in [5.41, 5.74) is 7.07. The summed E-state index contributed by atoms with van der Waals surface area (Å²) in [6.45, 7) is 1.67. The summed E-state index contributed by atoms with van der Waals surface area (Å²) in [4.78, 5) is 25.1. The maximum absolute atomic E-state index is 12.4. The van der Waals surface area contributed by atoms with Crippen molar-refractivity contribution in [3.05, 3.63) is 42.2 Å². The molecule has 0 aliphatic carbocycles. The fourth-order valence-electron chi connectivity index (χ4n) is 2.71. The Morgan fingerprint density at radius 3 is 2.43 bits per heavy atom. The van der Waals surface area contributed by atoms with Gasteiger partial charge in [0.05, 0.1) is 23.8 Å². The molecule has 1 aliphatic rings. The third-order valence-corrected chi connectivity index (χ3v) is 3.87. The van der Waals surface area contributed by atoms with Crippen LogP contribution in [0.3, 0.4) is 0 Å². The number of carbonyl (C=O) groups is 2. The predicted octanol–water partition coefficient (Wildman–Crippen LogP) is 1.99. The summed E-state index contributed by atoms with van der Waals surface area (Å²) in [6, 6.07) is 6.63. The van der Waals surface area contributed by atoms with Crippen molar-refractivity contribution >= 4 is 17.6 Å². The highest BCUT2D eigenvalue weighted by Gasteiger charge is 2.18. The van der Waals surface area contributed by atoms with Crippen molar-refractivity contribution in [2.24, 2.45) is 5.73 Å². The van der Waals surface area contributed by atoms with Crippen molar-refractivity contribution in [3.63, 3.8) is 0 Å². The van der Waals surface area contributed by atoms with E-state index in [0.29, 0.717) is 11.3 Å². The summed E-state index contributed by atoms with van der Waals surface area (Å²) in [6.07, 6.45) is 6.52. The molecule has 1 saturated heterocycles.